The molecule has 0 saturated carbocycles. The van der Waals surface area contributed by atoms with Gasteiger partial charge in [0.15, 0.2) is 5.78 Å². The number of ketones is 1. The lowest BCUT2D eigenvalue weighted by Crippen LogP contribution is -2.30. The van der Waals surface area contributed by atoms with Crippen molar-refractivity contribution in [2.24, 2.45) is 0 Å². The minimum atomic E-state index is -0.804. The zero-order valence-corrected chi connectivity index (χ0v) is 11.9. The molecular formula is C15H15F2NOS. The van der Waals surface area contributed by atoms with Gasteiger partial charge in [0.25, 0.3) is 0 Å². The Hall–Kier alpha value is -1.59. The number of hydrogen-bond donors (Lipinski definition) is 0. The van der Waals surface area contributed by atoms with Gasteiger partial charge < -0.3 is 0 Å². The molecule has 1 aromatic heterocycles. The van der Waals surface area contributed by atoms with Crippen LogP contribution in [0.1, 0.15) is 22.2 Å². The highest BCUT2D eigenvalue weighted by Gasteiger charge is 2.19. The molecule has 0 bridgehead atoms. The molecule has 2 rings (SSSR count). The predicted molar refractivity (Wildman–Crippen MR) is 76.0 cm³/mol. The van der Waals surface area contributed by atoms with Crippen LogP contribution in [-0.2, 0) is 6.54 Å². The van der Waals surface area contributed by atoms with Crippen molar-refractivity contribution < 1.29 is 13.6 Å². The molecule has 0 aliphatic rings. The molecule has 0 unspecified atom stereocenters. The van der Waals surface area contributed by atoms with Gasteiger partial charge in [0.05, 0.1) is 12.1 Å². The molecule has 0 aliphatic heterocycles. The summed E-state index contributed by atoms with van der Waals surface area (Å²) in [5.41, 5.74) is -0.447. The van der Waals surface area contributed by atoms with E-state index in [9.17, 15) is 13.6 Å². The van der Waals surface area contributed by atoms with Crippen molar-refractivity contribution in [3.8, 4) is 0 Å². The number of carbonyl (C=O) groups is 1. The molecule has 1 heterocycles. The molecule has 0 aliphatic carbocycles. The predicted octanol–water partition coefficient (Wildman–Crippen LogP) is 3.73. The topological polar surface area (TPSA) is 20.3 Å². The van der Waals surface area contributed by atoms with E-state index in [2.05, 4.69) is 0 Å². The fourth-order valence-corrected chi connectivity index (χ4v) is 2.69. The molecule has 0 radical (unpaired) electrons. The third kappa shape index (κ3) is 3.49. The first-order chi connectivity index (χ1) is 9.61. The molecule has 0 N–H and O–H groups in total. The molecule has 0 spiro atoms. The first-order valence-electron chi connectivity index (χ1n) is 6.33. The van der Waals surface area contributed by atoms with Crippen LogP contribution in [0.25, 0.3) is 0 Å². The zero-order chi connectivity index (χ0) is 14.5. The Balaban J connectivity index is 2.09. The molecule has 2 nitrogen and oxygen atoms in total. The Morgan fingerprint density at radius 1 is 1.20 bits per heavy atom. The fraction of sp³-hybridized carbons (Fsp3) is 0.267. The Morgan fingerprint density at radius 2 is 1.90 bits per heavy atom. The van der Waals surface area contributed by atoms with Crippen LogP contribution >= 0.6 is 11.3 Å². The van der Waals surface area contributed by atoms with E-state index >= 15 is 0 Å². The number of Topliss-reactive ketones (excluding diaryl/α,β-unsaturated/α-hetero) is 1. The van der Waals surface area contributed by atoms with Gasteiger partial charge in [-0.05, 0) is 30.1 Å². The maximum Gasteiger partial charge on any atom is 0.182 e. The molecule has 1 aromatic carbocycles. The summed E-state index contributed by atoms with van der Waals surface area (Å²) in [4.78, 5) is 15.0. The number of nitrogens with zero attached hydrogens (tertiary/aromatic N) is 1. The van der Waals surface area contributed by atoms with Crippen LogP contribution < -0.4 is 0 Å². The Bertz CT molecular complexity index is 563. The van der Waals surface area contributed by atoms with Gasteiger partial charge >= 0.3 is 0 Å². The van der Waals surface area contributed by atoms with Crippen LogP contribution in [0.15, 0.2) is 35.7 Å². The summed E-state index contributed by atoms with van der Waals surface area (Å²) in [7, 11) is 0. The minimum absolute atomic E-state index is 0.00620. The van der Waals surface area contributed by atoms with Gasteiger partial charge in [-0.15, -0.1) is 11.3 Å². The van der Waals surface area contributed by atoms with E-state index in [-0.39, 0.29) is 6.54 Å². The quantitative estimate of drug-likeness (QED) is 0.757. The molecule has 0 amide bonds. The first-order valence-corrected chi connectivity index (χ1v) is 7.21. The van der Waals surface area contributed by atoms with Crippen LogP contribution in [-0.4, -0.2) is 23.8 Å². The number of carbonyl (C=O) groups excluding carboxylic acids is 1. The summed E-state index contributed by atoms with van der Waals surface area (Å²) >= 11 is 1.59. The average Bonchev–Trinajstić information content (AvgIpc) is 2.90. The van der Waals surface area contributed by atoms with Crippen molar-refractivity contribution in [1.82, 2.24) is 4.90 Å². The second-order valence-corrected chi connectivity index (χ2v) is 5.43. The van der Waals surface area contributed by atoms with Crippen molar-refractivity contribution in [2.45, 2.75) is 13.5 Å². The summed E-state index contributed by atoms with van der Waals surface area (Å²) in [6.45, 7) is 3.17. The maximum atomic E-state index is 13.6. The van der Waals surface area contributed by atoms with E-state index < -0.39 is 23.0 Å². The molecule has 0 fully saturated rings. The Morgan fingerprint density at radius 3 is 2.45 bits per heavy atom. The minimum Gasteiger partial charge on any atom is -0.292 e. The van der Waals surface area contributed by atoms with Gasteiger partial charge in [0.1, 0.15) is 11.6 Å². The highest BCUT2D eigenvalue weighted by atomic mass is 32.1. The number of thiophene rings is 1. The van der Waals surface area contributed by atoms with E-state index in [1.54, 1.807) is 11.3 Å². The monoisotopic (exact) mass is 295 g/mol. The standard InChI is InChI=1S/C15H15F2NOS/c1-2-18(9-11-5-4-8-20-11)10-14(19)15-12(16)6-3-7-13(15)17/h3-8H,2,9-10H2,1H3. The second kappa shape index (κ2) is 6.72. The zero-order valence-electron chi connectivity index (χ0n) is 11.1. The lowest BCUT2D eigenvalue weighted by atomic mass is 10.1. The van der Waals surface area contributed by atoms with Crippen molar-refractivity contribution in [3.63, 3.8) is 0 Å². The number of hydrogen-bond acceptors (Lipinski definition) is 3. The molecule has 20 heavy (non-hydrogen) atoms. The van der Waals surface area contributed by atoms with E-state index in [0.29, 0.717) is 13.1 Å². The van der Waals surface area contributed by atoms with Crippen LogP contribution in [0.2, 0.25) is 0 Å². The Kier molecular flexibility index (Phi) is 4.98. The van der Waals surface area contributed by atoms with E-state index in [1.165, 1.54) is 6.07 Å². The summed E-state index contributed by atoms with van der Waals surface area (Å²) in [5, 5.41) is 1.96. The van der Waals surface area contributed by atoms with Gasteiger partial charge in [0, 0.05) is 11.4 Å². The van der Waals surface area contributed by atoms with Gasteiger partial charge in [-0.2, -0.15) is 0 Å². The molecule has 2 aromatic rings. The Labute approximate surface area is 120 Å². The fourth-order valence-electron chi connectivity index (χ4n) is 1.95. The molecule has 5 heteroatoms. The molecule has 0 atom stereocenters. The third-order valence-electron chi connectivity index (χ3n) is 3.02. The number of benzene rings is 1. The van der Waals surface area contributed by atoms with Crippen molar-refractivity contribution >= 4 is 17.1 Å². The molecule has 106 valence electrons. The highest BCUT2D eigenvalue weighted by molar-refractivity contribution is 7.09. The van der Waals surface area contributed by atoms with E-state index in [4.69, 9.17) is 0 Å². The van der Waals surface area contributed by atoms with Crippen molar-refractivity contribution in [1.29, 1.82) is 0 Å². The number of halogens is 2. The van der Waals surface area contributed by atoms with Gasteiger partial charge in [0.2, 0.25) is 0 Å². The van der Waals surface area contributed by atoms with Crippen LogP contribution in [0.4, 0.5) is 8.78 Å². The van der Waals surface area contributed by atoms with E-state index in [0.717, 1.165) is 17.0 Å². The average molecular weight is 295 g/mol. The highest BCUT2D eigenvalue weighted by Crippen LogP contribution is 2.15. The number of likely N-dealkylation sites (N-methyl/N-ethyl adjacent to an activating group) is 1. The van der Waals surface area contributed by atoms with E-state index in [1.807, 2.05) is 29.3 Å². The number of rotatable bonds is 6. The third-order valence-corrected chi connectivity index (χ3v) is 3.88. The van der Waals surface area contributed by atoms with Gasteiger partial charge in [-0.25, -0.2) is 8.78 Å². The molecule has 0 saturated heterocycles. The SMILES string of the molecule is CCN(CC(=O)c1c(F)cccc1F)Cc1cccs1. The van der Waals surface area contributed by atoms with Crippen molar-refractivity contribution in [3.05, 3.63) is 57.8 Å². The lowest BCUT2D eigenvalue weighted by Gasteiger charge is -2.18. The van der Waals surface area contributed by atoms with Crippen LogP contribution in [0.3, 0.4) is 0 Å². The summed E-state index contributed by atoms with van der Waals surface area (Å²) < 4.78 is 27.1. The normalized spacial score (nSPS) is 11.0. The smallest absolute Gasteiger partial charge is 0.182 e. The van der Waals surface area contributed by atoms with Gasteiger partial charge in [-0.3, -0.25) is 9.69 Å². The lowest BCUT2D eigenvalue weighted by molar-refractivity contribution is 0.0922. The largest absolute Gasteiger partial charge is 0.292 e. The summed E-state index contributed by atoms with van der Waals surface area (Å²) in [5.74, 6) is -2.14. The van der Waals surface area contributed by atoms with Crippen LogP contribution in [0.5, 0.6) is 0 Å². The molecular weight excluding hydrogens is 280 g/mol. The summed E-state index contributed by atoms with van der Waals surface area (Å²) in [6.07, 6.45) is 0. The van der Waals surface area contributed by atoms with Crippen molar-refractivity contribution in [2.75, 3.05) is 13.1 Å². The second-order valence-electron chi connectivity index (χ2n) is 4.40. The maximum absolute atomic E-state index is 13.6. The first kappa shape index (κ1) is 14.8. The van der Waals surface area contributed by atoms with Gasteiger partial charge in [-0.1, -0.05) is 19.1 Å². The summed E-state index contributed by atoms with van der Waals surface area (Å²) in [6, 6.07) is 7.37. The van der Waals surface area contributed by atoms with Crippen LogP contribution in [0, 0.1) is 11.6 Å².